The van der Waals surface area contributed by atoms with E-state index in [-0.39, 0.29) is 23.6 Å². The highest BCUT2D eigenvalue weighted by Crippen LogP contribution is 2.35. The second-order valence-corrected chi connectivity index (χ2v) is 6.79. The Hall–Kier alpha value is -3.70. The number of halogens is 6. The molecular formula is C21H17F6N3O3. The molecule has 0 saturated heterocycles. The van der Waals surface area contributed by atoms with Gasteiger partial charge in [-0.3, -0.25) is 4.79 Å². The third-order valence-corrected chi connectivity index (χ3v) is 4.56. The van der Waals surface area contributed by atoms with Crippen molar-refractivity contribution in [2.45, 2.75) is 19.3 Å². The molecule has 0 fully saturated rings. The van der Waals surface area contributed by atoms with Crippen LogP contribution in [0.15, 0.2) is 48.7 Å². The van der Waals surface area contributed by atoms with Crippen molar-refractivity contribution < 1.29 is 40.6 Å². The van der Waals surface area contributed by atoms with E-state index in [0.29, 0.717) is 10.9 Å². The molecule has 3 aromatic rings. The number of ether oxygens (including phenoxy) is 2. The second-order valence-electron chi connectivity index (χ2n) is 6.79. The van der Waals surface area contributed by atoms with Gasteiger partial charge in [-0.2, -0.15) is 27.1 Å². The van der Waals surface area contributed by atoms with Gasteiger partial charge >= 0.3 is 12.8 Å². The number of carbonyl (C=O) groups excluding carboxylic acids is 1. The zero-order valence-electron chi connectivity index (χ0n) is 17.2. The topological polar surface area (TPSA) is 56.6 Å². The molecule has 2 aromatic carbocycles. The quantitative estimate of drug-likeness (QED) is 0.458. The minimum Gasteiger partial charge on any atom is -0.493 e. The van der Waals surface area contributed by atoms with E-state index in [4.69, 9.17) is 4.74 Å². The minimum atomic E-state index is -5.02. The summed E-state index contributed by atoms with van der Waals surface area (Å²) >= 11 is 0. The van der Waals surface area contributed by atoms with Crippen LogP contribution in [0.4, 0.5) is 26.3 Å². The number of alkyl halides is 5. The molecule has 3 rings (SSSR count). The lowest BCUT2D eigenvalue weighted by atomic mass is 10.1. The van der Waals surface area contributed by atoms with Crippen LogP contribution in [-0.2, 0) is 12.7 Å². The Kier molecular flexibility index (Phi) is 6.84. The third-order valence-electron chi connectivity index (χ3n) is 4.56. The number of nitrogens with zero attached hydrogens (tertiary/aromatic N) is 3. The van der Waals surface area contributed by atoms with E-state index in [0.717, 1.165) is 17.0 Å². The van der Waals surface area contributed by atoms with Crippen LogP contribution in [-0.4, -0.2) is 41.4 Å². The number of para-hydroxylation sites is 1. The summed E-state index contributed by atoms with van der Waals surface area (Å²) in [6.45, 7) is -3.38. The Bertz CT molecular complexity index is 1150. The molecule has 1 aromatic heterocycles. The highest BCUT2D eigenvalue weighted by atomic mass is 19.4. The molecule has 0 radical (unpaired) electrons. The molecular weight excluding hydrogens is 456 g/mol. The van der Waals surface area contributed by atoms with Gasteiger partial charge < -0.3 is 14.4 Å². The Morgan fingerprint density at radius 3 is 2.45 bits per heavy atom. The lowest BCUT2D eigenvalue weighted by Gasteiger charge is -2.19. The van der Waals surface area contributed by atoms with E-state index in [1.165, 1.54) is 44.5 Å². The number of rotatable bonds is 7. The molecule has 0 aliphatic carbocycles. The SMILES string of the molecule is COc1ccc(CN(C)C(=O)c2cnn(-c3ccccc3F)c2C(F)(F)F)cc1OC(F)F. The van der Waals surface area contributed by atoms with E-state index in [9.17, 15) is 31.1 Å². The maximum absolute atomic E-state index is 14.1. The van der Waals surface area contributed by atoms with Crippen molar-refractivity contribution in [2.24, 2.45) is 0 Å². The largest absolute Gasteiger partial charge is 0.493 e. The van der Waals surface area contributed by atoms with Gasteiger partial charge in [-0.25, -0.2) is 9.07 Å². The Morgan fingerprint density at radius 2 is 1.85 bits per heavy atom. The van der Waals surface area contributed by atoms with Crippen LogP contribution in [0.5, 0.6) is 11.5 Å². The molecule has 0 bridgehead atoms. The summed E-state index contributed by atoms with van der Waals surface area (Å²) in [7, 11) is 2.47. The molecule has 0 atom stereocenters. The van der Waals surface area contributed by atoms with Gasteiger partial charge in [-0.15, -0.1) is 0 Å². The molecule has 0 unspecified atom stereocenters. The summed E-state index contributed by atoms with van der Waals surface area (Å²) in [5.74, 6) is -2.30. The average molecular weight is 473 g/mol. The zero-order valence-corrected chi connectivity index (χ0v) is 17.2. The maximum atomic E-state index is 14.1. The summed E-state index contributed by atoms with van der Waals surface area (Å²) in [5, 5.41) is 3.58. The minimum absolute atomic E-state index is 0.0125. The predicted octanol–water partition coefficient (Wildman–Crippen LogP) is 4.91. The fourth-order valence-corrected chi connectivity index (χ4v) is 3.14. The fraction of sp³-hybridized carbons (Fsp3) is 0.238. The molecule has 1 amide bonds. The molecule has 6 nitrogen and oxygen atoms in total. The van der Waals surface area contributed by atoms with Crippen molar-refractivity contribution in [1.82, 2.24) is 14.7 Å². The number of hydrogen-bond acceptors (Lipinski definition) is 4. The van der Waals surface area contributed by atoms with Crippen molar-refractivity contribution in [3.63, 3.8) is 0 Å². The van der Waals surface area contributed by atoms with Crippen molar-refractivity contribution in [1.29, 1.82) is 0 Å². The first kappa shape index (κ1) is 24.0. The van der Waals surface area contributed by atoms with Gasteiger partial charge in [0.05, 0.1) is 18.9 Å². The lowest BCUT2D eigenvalue weighted by Crippen LogP contribution is -2.28. The standard InChI is InChI=1S/C21H17F6N3O3/c1-29(11-12-7-8-16(32-2)17(9-12)33-20(23)24)19(31)13-10-28-30(18(13)21(25,26)27)15-6-4-3-5-14(15)22/h3-10,20H,11H2,1-2H3. The number of aromatic nitrogens is 2. The first-order valence-electron chi connectivity index (χ1n) is 9.30. The smallest absolute Gasteiger partial charge is 0.434 e. The summed E-state index contributed by atoms with van der Waals surface area (Å²) in [6.07, 6.45) is -4.32. The Morgan fingerprint density at radius 1 is 1.15 bits per heavy atom. The van der Waals surface area contributed by atoms with E-state index in [1.54, 1.807) is 0 Å². The van der Waals surface area contributed by atoms with E-state index >= 15 is 0 Å². The van der Waals surface area contributed by atoms with Gasteiger partial charge in [0, 0.05) is 13.6 Å². The van der Waals surface area contributed by atoms with Crippen LogP contribution in [0, 0.1) is 5.82 Å². The van der Waals surface area contributed by atoms with Crippen LogP contribution >= 0.6 is 0 Å². The molecule has 0 saturated carbocycles. The van der Waals surface area contributed by atoms with Gasteiger partial charge in [0.2, 0.25) is 0 Å². The van der Waals surface area contributed by atoms with Crippen LogP contribution in [0.2, 0.25) is 0 Å². The monoisotopic (exact) mass is 473 g/mol. The van der Waals surface area contributed by atoms with Gasteiger partial charge in [-0.05, 0) is 29.8 Å². The molecule has 176 valence electrons. The maximum Gasteiger partial charge on any atom is 0.434 e. The highest BCUT2D eigenvalue weighted by molar-refractivity contribution is 5.95. The average Bonchev–Trinajstić information content (AvgIpc) is 3.19. The number of carbonyl (C=O) groups is 1. The summed E-state index contributed by atoms with van der Waals surface area (Å²) < 4.78 is 90.4. The summed E-state index contributed by atoms with van der Waals surface area (Å²) in [6, 6.07) is 8.64. The van der Waals surface area contributed by atoms with Gasteiger partial charge in [0.25, 0.3) is 5.91 Å². The number of methoxy groups -OCH3 is 1. The number of amides is 1. The van der Waals surface area contributed by atoms with Crippen LogP contribution in [0.1, 0.15) is 21.6 Å². The fourth-order valence-electron chi connectivity index (χ4n) is 3.14. The third kappa shape index (κ3) is 5.21. The molecule has 33 heavy (non-hydrogen) atoms. The van der Waals surface area contributed by atoms with Crippen LogP contribution in [0.3, 0.4) is 0 Å². The van der Waals surface area contributed by atoms with Crippen molar-refractivity contribution in [2.75, 3.05) is 14.2 Å². The van der Waals surface area contributed by atoms with Crippen LogP contribution < -0.4 is 9.47 Å². The molecule has 0 N–H and O–H groups in total. The normalized spacial score (nSPS) is 11.5. The molecule has 12 heteroatoms. The predicted molar refractivity (Wildman–Crippen MR) is 104 cm³/mol. The van der Waals surface area contributed by atoms with Crippen LogP contribution in [0.25, 0.3) is 5.69 Å². The number of hydrogen-bond donors (Lipinski definition) is 0. The van der Waals surface area contributed by atoms with E-state index in [1.807, 2.05) is 0 Å². The Balaban J connectivity index is 1.94. The summed E-state index contributed by atoms with van der Waals surface area (Å²) in [4.78, 5) is 13.8. The van der Waals surface area contributed by atoms with Gasteiger partial charge in [0.1, 0.15) is 11.5 Å². The van der Waals surface area contributed by atoms with Crippen molar-refractivity contribution >= 4 is 5.91 Å². The van der Waals surface area contributed by atoms with Gasteiger partial charge in [-0.1, -0.05) is 18.2 Å². The molecule has 0 spiro atoms. The van der Waals surface area contributed by atoms with E-state index < -0.39 is 41.5 Å². The summed E-state index contributed by atoms with van der Waals surface area (Å²) in [5.41, 5.74) is -2.43. The van der Waals surface area contributed by atoms with Crippen molar-refractivity contribution in [3.05, 3.63) is 71.3 Å². The highest BCUT2D eigenvalue weighted by Gasteiger charge is 2.41. The second kappa shape index (κ2) is 9.43. The van der Waals surface area contributed by atoms with E-state index in [2.05, 4.69) is 9.84 Å². The first-order chi connectivity index (χ1) is 15.5. The van der Waals surface area contributed by atoms with Gasteiger partial charge in [0.15, 0.2) is 17.2 Å². The molecule has 0 aliphatic rings. The molecule has 0 aliphatic heterocycles. The molecule has 1 heterocycles. The number of benzene rings is 2. The first-order valence-corrected chi connectivity index (χ1v) is 9.30. The lowest BCUT2D eigenvalue weighted by molar-refractivity contribution is -0.143. The van der Waals surface area contributed by atoms with Crippen molar-refractivity contribution in [3.8, 4) is 17.2 Å². The zero-order chi connectivity index (χ0) is 24.3. The Labute approximate surface area is 183 Å².